The summed E-state index contributed by atoms with van der Waals surface area (Å²) < 4.78 is 2.48. The number of anilines is 2. The van der Waals surface area contributed by atoms with Crippen LogP contribution in [-0.2, 0) is 0 Å². The van der Waals surface area contributed by atoms with Crippen LogP contribution in [0.2, 0.25) is 0 Å². The largest absolute Gasteiger partial charge is 0.311 e. The zero-order valence-corrected chi connectivity index (χ0v) is 29.9. The summed E-state index contributed by atoms with van der Waals surface area (Å²) in [6.45, 7) is 0. The van der Waals surface area contributed by atoms with Crippen molar-refractivity contribution >= 4 is 44.0 Å². The van der Waals surface area contributed by atoms with E-state index in [9.17, 15) is 0 Å². The Kier molecular flexibility index (Phi) is 8.00. The summed E-state index contributed by atoms with van der Waals surface area (Å²) in [6.07, 6.45) is 8.02. The molecule has 1 heterocycles. The fourth-order valence-electron chi connectivity index (χ4n) is 8.30. The zero-order chi connectivity index (χ0) is 35.8. The van der Waals surface area contributed by atoms with Crippen molar-refractivity contribution in [2.45, 2.75) is 12.3 Å². The molecule has 0 saturated carbocycles. The summed E-state index contributed by atoms with van der Waals surface area (Å²) in [4.78, 5) is 2.43. The molecule has 54 heavy (non-hydrogen) atoms. The SMILES string of the molecule is C1=CC(c2ccccc2)CC=C1N(c1ccc(-c2ccccc2)cc1)c1ccc2c3c(-c4ccccc4)cc4ccccc4c3n(-c3ccccc3)c2c1. The topological polar surface area (TPSA) is 8.17 Å². The minimum Gasteiger partial charge on any atom is -0.311 e. The molecule has 0 amide bonds. The lowest BCUT2D eigenvalue weighted by Gasteiger charge is -2.29. The van der Waals surface area contributed by atoms with E-state index in [-0.39, 0.29) is 0 Å². The molecule has 1 aromatic heterocycles. The van der Waals surface area contributed by atoms with Gasteiger partial charge in [-0.3, -0.25) is 0 Å². The van der Waals surface area contributed by atoms with Crippen LogP contribution in [0.15, 0.2) is 218 Å². The van der Waals surface area contributed by atoms with Crippen LogP contribution >= 0.6 is 0 Å². The number of hydrogen-bond donors (Lipinski definition) is 0. The maximum Gasteiger partial charge on any atom is 0.0625 e. The Hall–Kier alpha value is -6.90. The summed E-state index contributed by atoms with van der Waals surface area (Å²) in [5.41, 5.74) is 13.2. The zero-order valence-electron chi connectivity index (χ0n) is 29.9. The van der Waals surface area contributed by atoms with E-state index in [4.69, 9.17) is 0 Å². The Bertz CT molecular complexity index is 2810. The average molecular weight is 691 g/mol. The molecule has 2 nitrogen and oxygen atoms in total. The standard InChI is InChI=1S/C52H38N2/c1-5-15-37(16-6-1)39-25-29-44(30-26-39)53(45-31-27-40(28-32-45)38-17-7-2-8-18-38)46-33-34-48-50(36-46)54(43-22-11-4-12-23-43)52-47-24-14-13-21-42(47)35-49(51(48)52)41-19-9-3-10-20-41/h1-27,29-36,40H,28H2. The third-order valence-electron chi connectivity index (χ3n) is 10.9. The van der Waals surface area contributed by atoms with Crippen LogP contribution in [0.1, 0.15) is 17.9 Å². The maximum atomic E-state index is 2.48. The van der Waals surface area contributed by atoms with Crippen molar-refractivity contribution in [1.82, 2.24) is 4.57 Å². The molecule has 1 atom stereocenters. The Labute approximate surface area is 316 Å². The van der Waals surface area contributed by atoms with Gasteiger partial charge in [0.2, 0.25) is 0 Å². The fraction of sp³-hybridized carbons (Fsp3) is 0.0385. The van der Waals surface area contributed by atoms with Crippen LogP contribution in [0.5, 0.6) is 0 Å². The number of nitrogens with zero attached hydrogens (tertiary/aromatic N) is 2. The normalized spacial score (nSPS) is 14.1. The highest BCUT2D eigenvalue weighted by molar-refractivity contribution is 6.24. The fourth-order valence-corrected chi connectivity index (χ4v) is 8.30. The van der Waals surface area contributed by atoms with E-state index in [1.807, 2.05) is 0 Å². The van der Waals surface area contributed by atoms with Gasteiger partial charge in [-0.05, 0) is 88.2 Å². The molecule has 1 aliphatic carbocycles. The molecule has 0 spiro atoms. The highest BCUT2D eigenvalue weighted by Crippen LogP contribution is 2.45. The van der Waals surface area contributed by atoms with Crippen molar-refractivity contribution in [3.63, 3.8) is 0 Å². The molecule has 9 aromatic rings. The predicted molar refractivity (Wildman–Crippen MR) is 229 cm³/mol. The maximum absolute atomic E-state index is 2.48. The molecule has 256 valence electrons. The molecule has 0 N–H and O–H groups in total. The van der Waals surface area contributed by atoms with Gasteiger partial charge in [-0.15, -0.1) is 0 Å². The second-order valence-electron chi connectivity index (χ2n) is 14.1. The van der Waals surface area contributed by atoms with Crippen molar-refractivity contribution in [3.05, 3.63) is 224 Å². The quantitative estimate of drug-likeness (QED) is 0.162. The Morgan fingerprint density at radius 1 is 0.500 bits per heavy atom. The molecule has 2 heteroatoms. The number of aromatic nitrogens is 1. The minimum atomic E-state index is 0.352. The third-order valence-corrected chi connectivity index (χ3v) is 10.9. The van der Waals surface area contributed by atoms with E-state index in [2.05, 4.69) is 222 Å². The van der Waals surface area contributed by atoms with Crippen LogP contribution in [0.25, 0.3) is 60.5 Å². The van der Waals surface area contributed by atoms with Crippen LogP contribution in [0, 0.1) is 0 Å². The van der Waals surface area contributed by atoms with E-state index in [0.29, 0.717) is 5.92 Å². The molecule has 8 aromatic carbocycles. The molecule has 0 fully saturated rings. The molecule has 0 bridgehead atoms. The number of allylic oxidation sites excluding steroid dienone is 3. The molecule has 0 aliphatic heterocycles. The number of para-hydroxylation sites is 1. The van der Waals surface area contributed by atoms with Crippen molar-refractivity contribution in [3.8, 4) is 27.9 Å². The molecular weight excluding hydrogens is 653 g/mol. The number of benzene rings is 8. The first-order chi connectivity index (χ1) is 26.8. The first-order valence-corrected chi connectivity index (χ1v) is 18.8. The van der Waals surface area contributed by atoms with Crippen molar-refractivity contribution in [2.24, 2.45) is 0 Å². The first-order valence-electron chi connectivity index (χ1n) is 18.8. The molecule has 1 unspecified atom stereocenters. The van der Waals surface area contributed by atoms with E-state index < -0.39 is 0 Å². The van der Waals surface area contributed by atoms with E-state index in [1.165, 1.54) is 66.1 Å². The summed E-state index contributed by atoms with van der Waals surface area (Å²) in [7, 11) is 0. The first kappa shape index (κ1) is 31.8. The van der Waals surface area contributed by atoms with Gasteiger partial charge in [-0.25, -0.2) is 0 Å². The second-order valence-corrected chi connectivity index (χ2v) is 14.1. The highest BCUT2D eigenvalue weighted by atomic mass is 15.1. The van der Waals surface area contributed by atoms with Gasteiger partial charge in [0.05, 0.1) is 11.0 Å². The summed E-state index contributed by atoms with van der Waals surface area (Å²) >= 11 is 0. The molecule has 0 radical (unpaired) electrons. The highest BCUT2D eigenvalue weighted by Gasteiger charge is 2.23. The van der Waals surface area contributed by atoms with Gasteiger partial charge in [0.15, 0.2) is 0 Å². The number of fused-ring (bicyclic) bond motifs is 5. The summed E-state index contributed by atoms with van der Waals surface area (Å²) in [5.74, 6) is 0.352. The van der Waals surface area contributed by atoms with Gasteiger partial charge in [0.1, 0.15) is 0 Å². The molecule has 1 aliphatic rings. The van der Waals surface area contributed by atoms with Gasteiger partial charge >= 0.3 is 0 Å². The average Bonchev–Trinajstić information content (AvgIpc) is 3.60. The summed E-state index contributed by atoms with van der Waals surface area (Å²) in [5, 5.41) is 4.98. The van der Waals surface area contributed by atoms with Gasteiger partial charge in [-0.2, -0.15) is 0 Å². The smallest absolute Gasteiger partial charge is 0.0625 e. The minimum absolute atomic E-state index is 0.352. The summed E-state index contributed by atoms with van der Waals surface area (Å²) in [6, 6.07) is 70.4. The number of hydrogen-bond acceptors (Lipinski definition) is 1. The van der Waals surface area contributed by atoms with Crippen LogP contribution < -0.4 is 4.90 Å². The third kappa shape index (κ3) is 5.60. The van der Waals surface area contributed by atoms with Gasteiger partial charge < -0.3 is 9.47 Å². The van der Waals surface area contributed by atoms with Crippen molar-refractivity contribution < 1.29 is 0 Å². The molecular formula is C52H38N2. The van der Waals surface area contributed by atoms with Crippen molar-refractivity contribution in [2.75, 3.05) is 4.90 Å². The lowest BCUT2D eigenvalue weighted by atomic mass is 9.91. The van der Waals surface area contributed by atoms with Gasteiger partial charge in [-0.1, -0.05) is 164 Å². The van der Waals surface area contributed by atoms with Crippen molar-refractivity contribution in [1.29, 1.82) is 0 Å². The van der Waals surface area contributed by atoms with E-state index >= 15 is 0 Å². The predicted octanol–water partition coefficient (Wildman–Crippen LogP) is 14.0. The second kappa shape index (κ2) is 13.6. The Balaban J connectivity index is 1.21. The lowest BCUT2D eigenvalue weighted by molar-refractivity contribution is 0.840. The van der Waals surface area contributed by atoms with E-state index in [1.54, 1.807) is 0 Å². The monoisotopic (exact) mass is 690 g/mol. The van der Waals surface area contributed by atoms with Crippen LogP contribution in [0.4, 0.5) is 11.4 Å². The van der Waals surface area contributed by atoms with Crippen LogP contribution in [0.3, 0.4) is 0 Å². The van der Waals surface area contributed by atoms with Crippen LogP contribution in [-0.4, -0.2) is 4.57 Å². The van der Waals surface area contributed by atoms with E-state index in [0.717, 1.165) is 23.5 Å². The number of rotatable bonds is 7. The van der Waals surface area contributed by atoms with Gasteiger partial charge in [0, 0.05) is 44.8 Å². The molecule has 10 rings (SSSR count). The lowest BCUT2D eigenvalue weighted by Crippen LogP contribution is -2.17. The van der Waals surface area contributed by atoms with Gasteiger partial charge in [0.25, 0.3) is 0 Å². The molecule has 0 saturated heterocycles. The Morgan fingerprint density at radius 2 is 1.11 bits per heavy atom. The Morgan fingerprint density at radius 3 is 1.81 bits per heavy atom.